The first-order chi connectivity index (χ1) is 44.8. The van der Waals surface area contributed by atoms with Gasteiger partial charge in [-0.1, -0.05) is 108 Å². The number of aryl methyl sites for hydroxylation is 3. The van der Waals surface area contributed by atoms with Gasteiger partial charge < -0.3 is 67.4 Å². The van der Waals surface area contributed by atoms with Crippen molar-refractivity contribution in [3.63, 3.8) is 0 Å². The lowest BCUT2D eigenvalue weighted by Crippen LogP contribution is -2.67. The predicted molar refractivity (Wildman–Crippen MR) is 354 cm³/mol. The highest BCUT2D eigenvalue weighted by Gasteiger charge is 2.58. The standard InChI is InChI=1S/C67H77IO22S4/c1-36(2)63(72)90-62-39(5)84-66(61(68)67(62,6)73)89-58-55(71)50(34-83-94(76,77)46-27-22-38(4)23-28-46)87-65(60(58)92-44-18-14-11-15-19-44)88-57-54(70)49(33-82-93(74,75)45-25-20-37(3)21-26-45)86-64(59(57)91-43-16-12-10-13-17-43)85-47-29-24-40-30-41-31-42(79-8)32-48(81-35-78-7)51(41)56(80-9)52(40)53(47)69/h10-23,25-28,30-32,36,39,47,49-50,54-55,57-62,64-66,70-71,73H,24,29,33-35H2,1-9H3/t39-,47+,49+,50+,54+,55+,57-,58-,59+,60+,61-,62-,64+,65-,66-,67-/m0/s1. The van der Waals surface area contributed by atoms with Crippen LogP contribution in [0.3, 0.4) is 0 Å². The first kappa shape index (κ1) is 71.7. The molecule has 3 saturated heterocycles. The molecule has 94 heavy (non-hydrogen) atoms. The second-order valence-electron chi connectivity index (χ2n) is 23.8. The molecule has 27 heteroatoms. The van der Waals surface area contributed by atoms with Gasteiger partial charge in [0.15, 0.2) is 37.6 Å². The van der Waals surface area contributed by atoms with Crippen LogP contribution in [0.4, 0.5) is 0 Å². The van der Waals surface area contributed by atoms with Crippen molar-refractivity contribution in [2.24, 2.45) is 5.92 Å². The Morgan fingerprint density at radius 3 is 1.70 bits per heavy atom. The summed E-state index contributed by atoms with van der Waals surface area (Å²) in [5.41, 5.74) is 0.606. The molecule has 0 radical (unpaired) electrons. The smallest absolute Gasteiger partial charge is 0.308 e. The summed E-state index contributed by atoms with van der Waals surface area (Å²) in [6, 6.07) is 35.1. The van der Waals surface area contributed by atoms with Crippen LogP contribution in [0.1, 0.15) is 61.2 Å². The molecule has 0 bridgehead atoms. The van der Waals surface area contributed by atoms with E-state index in [1.807, 2.05) is 28.7 Å². The van der Waals surface area contributed by atoms with Gasteiger partial charge in [-0.15, -0.1) is 23.5 Å². The number of aliphatic hydroxyl groups is 3. The monoisotopic (exact) mass is 1490 g/mol. The van der Waals surface area contributed by atoms with E-state index in [-0.39, 0.29) is 34.3 Å². The average Bonchev–Trinajstić information content (AvgIpc) is 0.745. The predicted octanol–water partition coefficient (Wildman–Crippen LogP) is 8.91. The van der Waals surface area contributed by atoms with E-state index in [4.69, 9.17) is 60.5 Å². The van der Waals surface area contributed by atoms with Crippen LogP contribution in [0.5, 0.6) is 17.2 Å². The van der Waals surface area contributed by atoms with Crippen molar-refractivity contribution in [1.82, 2.24) is 0 Å². The molecule has 16 atom stereocenters. The number of fused-ring (bicyclic) bond motifs is 2. The zero-order valence-electron chi connectivity index (χ0n) is 53.0. The molecule has 3 N–H and O–H groups in total. The third kappa shape index (κ3) is 16.1. The number of hydrogen-bond acceptors (Lipinski definition) is 24. The average molecular weight is 1490 g/mol. The van der Waals surface area contributed by atoms with Gasteiger partial charge in [-0.05, 0) is 112 Å². The third-order valence-corrected chi connectivity index (χ3v) is 23.7. The SMILES string of the molecule is COCOc1cc(OC)cc2cc3c(c(OC)c12)C(=O)[C@H](O[C@@H]1O[C@H](COS(=O)(=O)c2ccc(C)cc2)[C@@H](O)[C@H](O[C@@H]2O[C@H](COS(=O)(=O)c4ccc(C)cc4)[C@@H](O)[C@H](O[C@@H]4O[C@@H](C)[C@H](OC(=O)C(C)C)[C@@](C)(O)[C@H]4I)[C@H]2Sc2ccccc2)[C@H]1Sc1ccccc1)CC3. The van der Waals surface area contributed by atoms with E-state index >= 15 is 4.79 Å². The van der Waals surface area contributed by atoms with E-state index in [0.29, 0.717) is 44.0 Å². The van der Waals surface area contributed by atoms with E-state index in [9.17, 15) is 36.9 Å². The topological polar surface area (TPSA) is 283 Å². The van der Waals surface area contributed by atoms with E-state index in [1.54, 1.807) is 132 Å². The van der Waals surface area contributed by atoms with Crippen LogP contribution in [-0.2, 0) is 77.7 Å². The Labute approximate surface area is 569 Å². The maximum Gasteiger partial charge on any atom is 0.308 e. The van der Waals surface area contributed by atoms with Gasteiger partial charge in [-0.25, -0.2) is 0 Å². The van der Waals surface area contributed by atoms with Gasteiger partial charge in [0.25, 0.3) is 20.2 Å². The van der Waals surface area contributed by atoms with Crippen molar-refractivity contribution < 1.29 is 102 Å². The lowest BCUT2D eigenvalue weighted by Gasteiger charge is -2.51. The number of thioether (sulfide) groups is 2. The summed E-state index contributed by atoms with van der Waals surface area (Å²) in [5.74, 6) is -0.617. The highest BCUT2D eigenvalue weighted by molar-refractivity contribution is 14.1. The van der Waals surface area contributed by atoms with Crippen LogP contribution in [0.25, 0.3) is 10.8 Å². The maximum atomic E-state index is 15.4. The van der Waals surface area contributed by atoms with Crippen molar-refractivity contribution in [1.29, 1.82) is 0 Å². The lowest BCUT2D eigenvalue weighted by molar-refractivity contribution is -0.332. The molecule has 0 saturated carbocycles. The zero-order chi connectivity index (χ0) is 67.4. The fraction of sp³-hybridized carbons (Fsp3) is 0.463. The number of ether oxygens (including phenoxy) is 11. The lowest BCUT2D eigenvalue weighted by atomic mass is 9.85. The van der Waals surface area contributed by atoms with Gasteiger partial charge in [-0.3, -0.25) is 18.0 Å². The van der Waals surface area contributed by atoms with Crippen LogP contribution < -0.4 is 14.2 Å². The van der Waals surface area contributed by atoms with Crippen LogP contribution in [0.2, 0.25) is 0 Å². The molecule has 0 unspecified atom stereocenters. The molecule has 4 aliphatic rings. The molecule has 0 aromatic heterocycles. The van der Waals surface area contributed by atoms with E-state index in [1.165, 1.54) is 52.5 Å². The number of Topliss-reactive ketones (excluding diaryl/α,β-unsaturated/α-hetero) is 1. The second kappa shape index (κ2) is 30.8. The summed E-state index contributed by atoms with van der Waals surface area (Å²) in [7, 11) is -4.66. The Kier molecular flexibility index (Phi) is 23.5. The molecule has 22 nitrogen and oxygen atoms in total. The van der Waals surface area contributed by atoms with Crippen LogP contribution in [0, 0.1) is 19.8 Å². The summed E-state index contributed by atoms with van der Waals surface area (Å²) in [4.78, 5) is 29.3. The number of halogens is 1. The summed E-state index contributed by atoms with van der Waals surface area (Å²) < 4.78 is 137. The molecule has 6 aromatic rings. The first-order valence-electron chi connectivity index (χ1n) is 30.4. The van der Waals surface area contributed by atoms with Crippen molar-refractivity contribution >= 4 is 88.9 Å². The number of methoxy groups -OCH3 is 3. The molecule has 10 rings (SSSR count). The number of benzene rings is 6. The summed E-state index contributed by atoms with van der Waals surface area (Å²) >= 11 is 4.23. The van der Waals surface area contributed by atoms with Crippen LogP contribution in [0.15, 0.2) is 147 Å². The van der Waals surface area contributed by atoms with Crippen molar-refractivity contribution in [2.75, 3.05) is 41.3 Å². The summed E-state index contributed by atoms with van der Waals surface area (Å²) in [6.07, 6.45) is -17.5. The Hall–Kier alpha value is -5.03. The second-order valence-corrected chi connectivity index (χ2v) is 30.8. The molecular weight excluding hydrogens is 1410 g/mol. The van der Waals surface area contributed by atoms with Gasteiger partial charge in [0.05, 0.1) is 74.6 Å². The number of aliphatic hydroxyl groups excluding tert-OH is 2. The van der Waals surface area contributed by atoms with Gasteiger partial charge in [0, 0.05) is 23.0 Å². The first-order valence-corrected chi connectivity index (χ1v) is 36.2. The Bertz CT molecular complexity index is 3810. The largest absolute Gasteiger partial charge is 0.497 e. The quantitative estimate of drug-likeness (QED) is 0.0158. The number of carbonyl (C=O) groups is 2. The fourth-order valence-electron chi connectivity index (χ4n) is 11.6. The number of rotatable bonds is 25. The Morgan fingerprint density at radius 1 is 0.702 bits per heavy atom. The molecule has 0 spiro atoms. The van der Waals surface area contributed by atoms with Gasteiger partial charge >= 0.3 is 5.97 Å². The van der Waals surface area contributed by atoms with Crippen molar-refractivity contribution in [2.45, 2.75) is 168 Å². The molecule has 0 amide bonds. The number of ketones is 1. The fourth-order valence-corrected chi connectivity index (χ4v) is 16.5. The minimum Gasteiger partial charge on any atom is -0.497 e. The van der Waals surface area contributed by atoms with Crippen molar-refractivity contribution in [3.8, 4) is 17.2 Å². The van der Waals surface area contributed by atoms with Gasteiger partial charge in [-0.2, -0.15) is 16.8 Å². The zero-order valence-corrected chi connectivity index (χ0v) is 58.4. The van der Waals surface area contributed by atoms with E-state index < -0.39 is 145 Å². The molecule has 508 valence electrons. The van der Waals surface area contributed by atoms with E-state index in [2.05, 4.69) is 0 Å². The number of alkyl halides is 1. The normalized spacial score (nSPS) is 29.0. The third-order valence-electron chi connectivity index (χ3n) is 16.6. The Morgan fingerprint density at radius 2 is 1.21 bits per heavy atom. The van der Waals surface area contributed by atoms with E-state index in [0.717, 1.165) is 34.7 Å². The number of hydrogen-bond donors (Lipinski definition) is 3. The minimum atomic E-state index is -4.54. The number of esters is 1. The molecule has 6 aromatic carbocycles. The minimum absolute atomic E-state index is 0.107. The number of carbonyl (C=O) groups excluding carboxylic acids is 2. The summed E-state index contributed by atoms with van der Waals surface area (Å²) in [6.45, 7) is 8.21. The highest BCUT2D eigenvalue weighted by Crippen LogP contribution is 2.48. The van der Waals surface area contributed by atoms with Gasteiger partial charge in [0.2, 0.25) is 0 Å². The highest BCUT2D eigenvalue weighted by atomic mass is 127. The van der Waals surface area contributed by atoms with Gasteiger partial charge in [0.1, 0.15) is 65.6 Å². The Balaban J connectivity index is 1.08. The van der Waals surface area contributed by atoms with Crippen LogP contribution in [-0.4, -0.2) is 179 Å². The molecular formula is C67H77IO22S4. The maximum absolute atomic E-state index is 15.4. The van der Waals surface area contributed by atoms with Crippen molar-refractivity contribution in [3.05, 3.63) is 150 Å². The molecule has 3 aliphatic heterocycles. The molecule has 3 heterocycles. The molecule has 1 aliphatic carbocycles. The molecule has 3 fully saturated rings. The van der Waals surface area contributed by atoms with Crippen LogP contribution >= 0.6 is 46.1 Å². The summed E-state index contributed by atoms with van der Waals surface area (Å²) in [5, 5.41) is 36.9.